The van der Waals surface area contributed by atoms with E-state index < -0.39 is 12.0 Å². The van der Waals surface area contributed by atoms with Crippen molar-refractivity contribution >= 4 is 5.97 Å². The van der Waals surface area contributed by atoms with Crippen molar-refractivity contribution in [2.75, 3.05) is 0 Å². The fourth-order valence-corrected chi connectivity index (χ4v) is 4.34. The van der Waals surface area contributed by atoms with Crippen LogP contribution in [0.15, 0.2) is 30.3 Å². The van der Waals surface area contributed by atoms with Crippen LogP contribution in [0.3, 0.4) is 0 Å². The Morgan fingerprint density at radius 3 is 2.35 bits per heavy atom. The quantitative estimate of drug-likeness (QED) is 0.729. The Morgan fingerprint density at radius 1 is 1.15 bits per heavy atom. The van der Waals surface area contributed by atoms with E-state index in [2.05, 4.69) is 45.0 Å². The lowest BCUT2D eigenvalue weighted by Crippen LogP contribution is -2.45. The SMILES string of the molecule is CC(C)C(O)C(C)C(=O)O[C@@H]1C[C@H](C)CC[C@H]1C(C)(C)c1ccccc1. The molecule has 0 aromatic heterocycles. The maximum absolute atomic E-state index is 12.7. The van der Waals surface area contributed by atoms with E-state index in [4.69, 9.17) is 4.74 Å². The molecule has 0 heterocycles. The summed E-state index contributed by atoms with van der Waals surface area (Å²) in [6, 6.07) is 10.5. The van der Waals surface area contributed by atoms with Crippen LogP contribution in [-0.4, -0.2) is 23.3 Å². The fraction of sp³-hybridized carbons (Fsp3) is 0.696. The van der Waals surface area contributed by atoms with Crippen LogP contribution in [-0.2, 0) is 14.9 Å². The van der Waals surface area contributed by atoms with Gasteiger partial charge in [0, 0.05) is 5.92 Å². The minimum atomic E-state index is -0.663. The molecule has 3 heteroatoms. The lowest BCUT2D eigenvalue weighted by Gasteiger charge is -2.44. The number of carbonyl (C=O) groups is 1. The van der Waals surface area contributed by atoms with Gasteiger partial charge in [0.2, 0.25) is 0 Å². The molecule has 0 amide bonds. The highest BCUT2D eigenvalue weighted by Crippen LogP contribution is 2.43. The summed E-state index contributed by atoms with van der Waals surface area (Å²) in [4.78, 5) is 12.7. The van der Waals surface area contributed by atoms with E-state index >= 15 is 0 Å². The molecule has 1 aromatic rings. The van der Waals surface area contributed by atoms with E-state index in [9.17, 15) is 9.90 Å². The average molecular weight is 361 g/mol. The first-order chi connectivity index (χ1) is 12.1. The molecule has 3 nitrogen and oxygen atoms in total. The third-order valence-electron chi connectivity index (χ3n) is 6.33. The van der Waals surface area contributed by atoms with Crippen molar-refractivity contribution in [3.8, 4) is 0 Å². The Bertz CT molecular complexity index is 578. The number of ether oxygens (including phenoxy) is 1. The van der Waals surface area contributed by atoms with Crippen molar-refractivity contribution in [1.82, 2.24) is 0 Å². The maximum atomic E-state index is 12.7. The zero-order chi connectivity index (χ0) is 19.5. The molecule has 26 heavy (non-hydrogen) atoms. The van der Waals surface area contributed by atoms with Gasteiger partial charge in [-0.05, 0) is 42.6 Å². The molecule has 0 bridgehead atoms. The van der Waals surface area contributed by atoms with E-state index in [0.29, 0.717) is 5.92 Å². The summed E-state index contributed by atoms with van der Waals surface area (Å²) in [5.74, 6) is 0.126. The van der Waals surface area contributed by atoms with E-state index in [1.54, 1.807) is 6.92 Å². The molecule has 146 valence electrons. The summed E-state index contributed by atoms with van der Waals surface area (Å²) < 4.78 is 6.02. The molecule has 5 atom stereocenters. The van der Waals surface area contributed by atoms with Gasteiger partial charge in [-0.1, -0.05) is 71.4 Å². The summed E-state index contributed by atoms with van der Waals surface area (Å²) in [6.45, 7) is 12.4. The van der Waals surface area contributed by atoms with Gasteiger partial charge >= 0.3 is 5.97 Å². The van der Waals surface area contributed by atoms with Gasteiger partial charge < -0.3 is 9.84 Å². The zero-order valence-corrected chi connectivity index (χ0v) is 17.2. The van der Waals surface area contributed by atoms with Crippen LogP contribution >= 0.6 is 0 Å². The fourth-order valence-electron chi connectivity index (χ4n) is 4.34. The molecule has 2 unspecified atom stereocenters. The van der Waals surface area contributed by atoms with Crippen molar-refractivity contribution in [3.63, 3.8) is 0 Å². The number of benzene rings is 1. The molecule has 1 aliphatic carbocycles. The van der Waals surface area contributed by atoms with E-state index in [0.717, 1.165) is 12.8 Å². The predicted molar refractivity (Wildman–Crippen MR) is 106 cm³/mol. The molecule has 0 saturated heterocycles. The molecule has 0 radical (unpaired) electrons. The molecule has 0 aliphatic heterocycles. The second kappa shape index (κ2) is 8.56. The van der Waals surface area contributed by atoms with Crippen molar-refractivity contribution in [2.24, 2.45) is 23.7 Å². The molecule has 1 N–H and O–H groups in total. The molecule has 0 spiro atoms. The Morgan fingerprint density at radius 2 is 1.77 bits per heavy atom. The van der Waals surface area contributed by atoms with Gasteiger partial charge in [0.25, 0.3) is 0 Å². The first-order valence-corrected chi connectivity index (χ1v) is 10.1. The Labute approximate surface area is 159 Å². The highest BCUT2D eigenvalue weighted by Gasteiger charge is 2.42. The number of rotatable bonds is 6. The first-order valence-electron chi connectivity index (χ1n) is 10.1. The average Bonchev–Trinajstić information content (AvgIpc) is 2.60. The third kappa shape index (κ3) is 4.68. The molecule has 2 rings (SSSR count). The van der Waals surface area contributed by atoms with Crippen LogP contribution in [0.4, 0.5) is 0 Å². The molecule has 1 aromatic carbocycles. The van der Waals surface area contributed by atoms with Gasteiger partial charge in [0.05, 0.1) is 12.0 Å². The molecule has 1 fully saturated rings. The second-order valence-corrected chi connectivity index (χ2v) is 9.11. The van der Waals surface area contributed by atoms with Crippen LogP contribution in [0, 0.1) is 23.7 Å². The van der Waals surface area contributed by atoms with Crippen molar-refractivity contribution in [1.29, 1.82) is 0 Å². The largest absolute Gasteiger partial charge is 0.462 e. The van der Waals surface area contributed by atoms with Gasteiger partial charge in [-0.15, -0.1) is 0 Å². The van der Waals surface area contributed by atoms with Crippen molar-refractivity contribution < 1.29 is 14.6 Å². The standard InChI is InChI=1S/C23H36O3/c1-15(2)21(24)17(4)22(25)26-20-14-16(3)12-13-19(20)23(5,6)18-10-8-7-9-11-18/h7-11,15-17,19-21,24H,12-14H2,1-6H3/t16-,17?,19-,20-,21?/m1/s1. The summed E-state index contributed by atoms with van der Waals surface area (Å²) in [6.07, 6.45) is 2.37. The summed E-state index contributed by atoms with van der Waals surface area (Å²) in [5, 5.41) is 10.2. The lowest BCUT2D eigenvalue weighted by molar-refractivity contribution is -0.165. The number of hydrogen-bond acceptors (Lipinski definition) is 3. The summed E-state index contributed by atoms with van der Waals surface area (Å²) in [7, 11) is 0. The number of aliphatic hydroxyl groups excluding tert-OH is 1. The summed E-state index contributed by atoms with van der Waals surface area (Å²) >= 11 is 0. The topological polar surface area (TPSA) is 46.5 Å². The Hall–Kier alpha value is -1.35. The minimum Gasteiger partial charge on any atom is -0.462 e. The van der Waals surface area contributed by atoms with Crippen LogP contribution in [0.2, 0.25) is 0 Å². The highest BCUT2D eigenvalue weighted by molar-refractivity contribution is 5.73. The van der Waals surface area contributed by atoms with Crippen LogP contribution in [0.1, 0.15) is 66.4 Å². The van der Waals surface area contributed by atoms with E-state index in [1.165, 1.54) is 12.0 Å². The third-order valence-corrected chi connectivity index (χ3v) is 6.33. The molecular weight excluding hydrogens is 324 g/mol. The van der Waals surface area contributed by atoms with Crippen LogP contribution < -0.4 is 0 Å². The number of aliphatic hydroxyl groups is 1. The van der Waals surface area contributed by atoms with Crippen molar-refractivity contribution in [2.45, 2.75) is 78.4 Å². The number of esters is 1. The number of carbonyl (C=O) groups excluding carboxylic acids is 1. The predicted octanol–water partition coefficient (Wildman–Crippen LogP) is 4.97. The van der Waals surface area contributed by atoms with E-state index in [-0.39, 0.29) is 29.3 Å². The van der Waals surface area contributed by atoms with Gasteiger partial charge in [-0.2, -0.15) is 0 Å². The Balaban J connectivity index is 2.19. The molecular formula is C23H36O3. The van der Waals surface area contributed by atoms with Crippen molar-refractivity contribution in [3.05, 3.63) is 35.9 Å². The maximum Gasteiger partial charge on any atom is 0.311 e. The Kier molecular flexibility index (Phi) is 6.90. The van der Waals surface area contributed by atoms with Gasteiger partial charge in [0.15, 0.2) is 0 Å². The second-order valence-electron chi connectivity index (χ2n) is 9.11. The molecule has 1 saturated carbocycles. The van der Waals surface area contributed by atoms with E-state index in [1.807, 2.05) is 19.9 Å². The van der Waals surface area contributed by atoms with Gasteiger partial charge in [0.1, 0.15) is 6.10 Å². The van der Waals surface area contributed by atoms with Gasteiger partial charge in [-0.3, -0.25) is 4.79 Å². The first kappa shape index (κ1) is 21.0. The zero-order valence-electron chi connectivity index (χ0n) is 17.2. The number of hydrogen-bond donors (Lipinski definition) is 1. The minimum absolute atomic E-state index is 0.0411. The van der Waals surface area contributed by atoms with Crippen LogP contribution in [0.25, 0.3) is 0 Å². The summed E-state index contributed by atoms with van der Waals surface area (Å²) in [5.41, 5.74) is 1.22. The monoisotopic (exact) mass is 360 g/mol. The normalized spacial score (nSPS) is 26.4. The lowest BCUT2D eigenvalue weighted by atomic mass is 9.64. The smallest absolute Gasteiger partial charge is 0.311 e. The van der Waals surface area contributed by atoms with Gasteiger partial charge in [-0.25, -0.2) is 0 Å². The molecule has 1 aliphatic rings. The highest BCUT2D eigenvalue weighted by atomic mass is 16.5. The van der Waals surface area contributed by atoms with Crippen LogP contribution in [0.5, 0.6) is 0 Å².